The maximum atomic E-state index is 9.10. The Morgan fingerprint density at radius 2 is 1.23 bits per heavy atom. The Morgan fingerprint density at radius 3 is 1.23 bits per heavy atom. The molecular formula is C7H12N2O4. The minimum absolute atomic E-state index is 0.722. The Balaban J connectivity index is 0.000000133. The van der Waals surface area contributed by atoms with Gasteiger partial charge in [0, 0.05) is 31.6 Å². The number of aliphatic carboxylic acids is 2. The Bertz CT molecular complexity index is 193. The van der Waals surface area contributed by atoms with Gasteiger partial charge in [0.2, 0.25) is 0 Å². The summed E-state index contributed by atoms with van der Waals surface area (Å²) in [6, 6.07) is 0. The maximum Gasteiger partial charge on any atom is 0.414 e. The van der Waals surface area contributed by atoms with Gasteiger partial charge in [-0.05, 0) is 0 Å². The smallest absolute Gasteiger partial charge is 0.414 e. The van der Waals surface area contributed by atoms with Gasteiger partial charge in [-0.2, -0.15) is 0 Å². The summed E-state index contributed by atoms with van der Waals surface area (Å²) in [7, 11) is 0. The van der Waals surface area contributed by atoms with Crippen LogP contribution in [0.4, 0.5) is 0 Å². The van der Waals surface area contributed by atoms with E-state index in [1.54, 1.807) is 0 Å². The van der Waals surface area contributed by atoms with Gasteiger partial charge < -0.3 is 20.8 Å². The van der Waals surface area contributed by atoms with Crippen LogP contribution < -0.4 is 10.6 Å². The summed E-state index contributed by atoms with van der Waals surface area (Å²) < 4.78 is 0. The van der Waals surface area contributed by atoms with E-state index in [9.17, 15) is 0 Å². The van der Waals surface area contributed by atoms with Crippen LogP contribution in [0.3, 0.4) is 0 Å². The van der Waals surface area contributed by atoms with Crippen LogP contribution >= 0.6 is 0 Å². The van der Waals surface area contributed by atoms with E-state index in [-0.39, 0.29) is 0 Å². The number of carboxylic acid groups (broad SMARTS) is 2. The van der Waals surface area contributed by atoms with E-state index in [0.29, 0.717) is 0 Å². The van der Waals surface area contributed by atoms with E-state index in [1.165, 1.54) is 26.2 Å². The average Bonchev–Trinajstić information content (AvgIpc) is 1.80. The third kappa shape index (κ3) is 2.40. The van der Waals surface area contributed by atoms with Crippen LogP contribution in [0, 0.1) is 5.41 Å². The first-order valence-corrected chi connectivity index (χ1v) is 3.93. The van der Waals surface area contributed by atoms with E-state index >= 15 is 0 Å². The molecule has 13 heavy (non-hydrogen) atoms. The van der Waals surface area contributed by atoms with Gasteiger partial charge in [0.15, 0.2) is 0 Å². The summed E-state index contributed by atoms with van der Waals surface area (Å²) in [4.78, 5) is 18.2. The lowest BCUT2D eigenvalue weighted by molar-refractivity contribution is -0.159. The van der Waals surface area contributed by atoms with Crippen molar-refractivity contribution in [3.63, 3.8) is 0 Å². The molecule has 0 aromatic rings. The Labute approximate surface area is 74.9 Å². The van der Waals surface area contributed by atoms with Crippen LogP contribution in [-0.4, -0.2) is 48.3 Å². The zero-order valence-electron chi connectivity index (χ0n) is 7.04. The van der Waals surface area contributed by atoms with E-state index in [4.69, 9.17) is 19.8 Å². The highest BCUT2D eigenvalue weighted by Crippen LogP contribution is 2.25. The van der Waals surface area contributed by atoms with E-state index in [1.807, 2.05) is 0 Å². The number of carbonyl (C=O) groups is 2. The highest BCUT2D eigenvalue weighted by Gasteiger charge is 2.41. The molecule has 0 amide bonds. The predicted molar refractivity (Wildman–Crippen MR) is 43.4 cm³/mol. The molecule has 0 aromatic heterocycles. The van der Waals surface area contributed by atoms with Crippen molar-refractivity contribution in [2.75, 3.05) is 26.2 Å². The molecular weight excluding hydrogens is 176 g/mol. The van der Waals surface area contributed by atoms with Crippen molar-refractivity contribution in [1.82, 2.24) is 10.6 Å². The van der Waals surface area contributed by atoms with Crippen LogP contribution in [0.5, 0.6) is 0 Å². The Kier molecular flexibility index (Phi) is 2.84. The molecule has 2 fully saturated rings. The highest BCUT2D eigenvalue weighted by molar-refractivity contribution is 6.27. The number of rotatable bonds is 0. The van der Waals surface area contributed by atoms with Crippen LogP contribution in [0.2, 0.25) is 0 Å². The van der Waals surface area contributed by atoms with Crippen molar-refractivity contribution in [3.8, 4) is 0 Å². The van der Waals surface area contributed by atoms with Gasteiger partial charge in [0.1, 0.15) is 0 Å². The molecule has 6 nitrogen and oxygen atoms in total. The number of nitrogens with one attached hydrogen (secondary N) is 2. The fourth-order valence-corrected chi connectivity index (χ4v) is 1.21. The summed E-state index contributed by atoms with van der Waals surface area (Å²) in [6.45, 7) is 5.00. The minimum atomic E-state index is -1.82. The monoisotopic (exact) mass is 188 g/mol. The summed E-state index contributed by atoms with van der Waals surface area (Å²) in [6.07, 6.45) is 0. The Morgan fingerprint density at radius 1 is 0.923 bits per heavy atom. The summed E-state index contributed by atoms with van der Waals surface area (Å²) in [5, 5.41) is 21.3. The minimum Gasteiger partial charge on any atom is -0.473 e. The topological polar surface area (TPSA) is 98.7 Å². The molecule has 0 bridgehead atoms. The van der Waals surface area contributed by atoms with Gasteiger partial charge in [-0.15, -0.1) is 0 Å². The lowest BCUT2D eigenvalue weighted by Gasteiger charge is -2.50. The van der Waals surface area contributed by atoms with E-state index in [2.05, 4.69) is 10.6 Å². The van der Waals surface area contributed by atoms with Crippen molar-refractivity contribution in [2.45, 2.75) is 0 Å². The molecule has 6 heteroatoms. The van der Waals surface area contributed by atoms with Gasteiger partial charge >= 0.3 is 11.9 Å². The molecule has 4 N–H and O–H groups in total. The summed E-state index contributed by atoms with van der Waals surface area (Å²) in [5.74, 6) is -3.65. The van der Waals surface area contributed by atoms with Gasteiger partial charge in [-0.25, -0.2) is 9.59 Å². The lowest BCUT2D eigenvalue weighted by atomic mass is 9.76. The third-order valence-corrected chi connectivity index (χ3v) is 2.18. The number of hydrogen-bond donors (Lipinski definition) is 4. The molecule has 2 saturated heterocycles. The fourth-order valence-electron chi connectivity index (χ4n) is 1.21. The normalized spacial score (nSPS) is 21.8. The molecule has 2 rings (SSSR count). The second-order valence-electron chi connectivity index (χ2n) is 3.32. The van der Waals surface area contributed by atoms with E-state index in [0.717, 1.165) is 5.41 Å². The molecule has 2 aliphatic heterocycles. The van der Waals surface area contributed by atoms with Crippen LogP contribution in [0.1, 0.15) is 0 Å². The molecule has 1 spiro atoms. The fraction of sp³-hybridized carbons (Fsp3) is 0.714. The largest absolute Gasteiger partial charge is 0.473 e. The first-order chi connectivity index (χ1) is 6.06. The van der Waals surface area contributed by atoms with Crippen molar-refractivity contribution < 1.29 is 19.8 Å². The van der Waals surface area contributed by atoms with Gasteiger partial charge in [0.25, 0.3) is 0 Å². The zero-order valence-corrected chi connectivity index (χ0v) is 7.04. The van der Waals surface area contributed by atoms with Crippen LogP contribution in [0.25, 0.3) is 0 Å². The first-order valence-electron chi connectivity index (χ1n) is 3.93. The molecule has 0 saturated carbocycles. The number of hydrogen-bond acceptors (Lipinski definition) is 4. The third-order valence-electron chi connectivity index (χ3n) is 2.18. The lowest BCUT2D eigenvalue weighted by Crippen LogP contribution is -2.69. The number of carboxylic acids is 2. The predicted octanol–water partition coefficient (Wildman–Crippen LogP) is -1.67. The van der Waals surface area contributed by atoms with Gasteiger partial charge in [0.05, 0.1) is 0 Å². The molecule has 0 aromatic carbocycles. The Hall–Kier alpha value is -1.14. The molecule has 74 valence electrons. The van der Waals surface area contributed by atoms with E-state index < -0.39 is 11.9 Å². The van der Waals surface area contributed by atoms with Gasteiger partial charge in [-0.3, -0.25) is 0 Å². The molecule has 2 aliphatic rings. The van der Waals surface area contributed by atoms with Gasteiger partial charge in [-0.1, -0.05) is 0 Å². The standard InChI is InChI=1S/C5H10N2.C2H2O4/c1-5(2-6-1)3-7-4-5;3-1(4)2(5)6/h6-7H,1-4H2;(H,3,4)(H,5,6). The average molecular weight is 188 g/mol. The highest BCUT2D eigenvalue weighted by atomic mass is 16.4. The van der Waals surface area contributed by atoms with Crippen LogP contribution in [-0.2, 0) is 9.59 Å². The molecule has 0 aliphatic carbocycles. The molecule has 0 unspecified atom stereocenters. The molecule has 0 atom stereocenters. The van der Waals surface area contributed by atoms with Crippen molar-refractivity contribution in [3.05, 3.63) is 0 Å². The summed E-state index contributed by atoms with van der Waals surface area (Å²) >= 11 is 0. The second-order valence-corrected chi connectivity index (χ2v) is 3.32. The zero-order chi connectivity index (χ0) is 9.90. The second kappa shape index (κ2) is 3.71. The first kappa shape index (κ1) is 9.94. The SMILES string of the molecule is C1NCC12CNC2.O=C(O)C(=O)O. The summed E-state index contributed by atoms with van der Waals surface area (Å²) in [5.41, 5.74) is 0.722. The van der Waals surface area contributed by atoms with Crippen molar-refractivity contribution >= 4 is 11.9 Å². The quantitative estimate of drug-likeness (QED) is 0.339. The molecule has 2 heterocycles. The van der Waals surface area contributed by atoms with Crippen molar-refractivity contribution in [2.24, 2.45) is 5.41 Å². The van der Waals surface area contributed by atoms with Crippen LogP contribution in [0.15, 0.2) is 0 Å². The molecule has 0 radical (unpaired) electrons. The maximum absolute atomic E-state index is 9.10. The van der Waals surface area contributed by atoms with Crippen molar-refractivity contribution in [1.29, 1.82) is 0 Å².